The third-order valence-corrected chi connectivity index (χ3v) is 6.55. The minimum atomic E-state index is 0.637. The molecular formula is C26H29N3. The van der Waals surface area contributed by atoms with Gasteiger partial charge in [-0.1, -0.05) is 25.6 Å². The lowest BCUT2D eigenvalue weighted by Crippen LogP contribution is -2.05. The van der Waals surface area contributed by atoms with E-state index in [-0.39, 0.29) is 0 Å². The third-order valence-electron chi connectivity index (χ3n) is 6.55. The van der Waals surface area contributed by atoms with Gasteiger partial charge in [0.1, 0.15) is 0 Å². The van der Waals surface area contributed by atoms with Gasteiger partial charge in [0.15, 0.2) is 0 Å². The van der Waals surface area contributed by atoms with Crippen molar-refractivity contribution in [3.8, 4) is 0 Å². The van der Waals surface area contributed by atoms with Crippen molar-refractivity contribution in [2.75, 3.05) is 6.54 Å². The molecule has 148 valence electrons. The molecule has 3 aromatic rings. The van der Waals surface area contributed by atoms with Crippen LogP contribution in [0.15, 0.2) is 47.5 Å². The van der Waals surface area contributed by atoms with Crippen LogP contribution in [-0.4, -0.2) is 16.8 Å². The highest BCUT2D eigenvalue weighted by molar-refractivity contribution is 6.26. The molecule has 1 aromatic heterocycles. The van der Waals surface area contributed by atoms with Crippen molar-refractivity contribution >= 4 is 38.8 Å². The average Bonchev–Trinajstić information content (AvgIpc) is 3.40. The summed E-state index contributed by atoms with van der Waals surface area (Å²) in [5.41, 5.74) is 16.9. The van der Waals surface area contributed by atoms with Crippen molar-refractivity contribution in [1.29, 1.82) is 0 Å². The maximum atomic E-state index is 6.36. The van der Waals surface area contributed by atoms with Gasteiger partial charge < -0.3 is 10.3 Å². The number of aliphatic imine (C=N–C) groups is 1. The quantitative estimate of drug-likeness (QED) is 0.582. The zero-order valence-electron chi connectivity index (χ0n) is 17.7. The number of nitrogens with zero attached hydrogens (tertiary/aromatic N) is 2. The van der Waals surface area contributed by atoms with E-state index in [1.165, 1.54) is 56.9 Å². The number of hydrogen-bond donors (Lipinski definition) is 1. The van der Waals surface area contributed by atoms with E-state index in [0.29, 0.717) is 5.70 Å². The summed E-state index contributed by atoms with van der Waals surface area (Å²) in [5.74, 6) is 0.784. The van der Waals surface area contributed by atoms with Gasteiger partial charge in [0, 0.05) is 45.4 Å². The van der Waals surface area contributed by atoms with Crippen molar-refractivity contribution in [3.63, 3.8) is 0 Å². The van der Waals surface area contributed by atoms with Gasteiger partial charge in [-0.15, -0.1) is 0 Å². The standard InChI is InChI=1S/C26H29N3/c1-5-18-8-9-21-23-12-20(25-15(2)13-28-17(25)4)11-22(16(3)27)26(23)29(24(21)10-18)14-19-6-7-19/h8-12,19H,3,5-7,13-14,27H2,1-2,4H3. The van der Waals surface area contributed by atoms with Gasteiger partial charge in [0.25, 0.3) is 0 Å². The molecule has 1 aliphatic heterocycles. The number of aryl methyl sites for hydroxylation is 1. The van der Waals surface area contributed by atoms with Gasteiger partial charge in [-0.25, -0.2) is 0 Å². The van der Waals surface area contributed by atoms with Crippen molar-refractivity contribution in [2.24, 2.45) is 16.6 Å². The smallest absolute Gasteiger partial charge is 0.0610 e. The molecule has 0 unspecified atom stereocenters. The molecule has 1 aliphatic carbocycles. The monoisotopic (exact) mass is 383 g/mol. The highest BCUT2D eigenvalue weighted by atomic mass is 15.0. The summed E-state index contributed by atoms with van der Waals surface area (Å²) >= 11 is 0. The van der Waals surface area contributed by atoms with Crippen LogP contribution in [0, 0.1) is 5.92 Å². The molecule has 2 heterocycles. The highest BCUT2D eigenvalue weighted by Gasteiger charge is 2.26. The van der Waals surface area contributed by atoms with Gasteiger partial charge in [0.2, 0.25) is 0 Å². The Morgan fingerprint density at radius 1 is 1.17 bits per heavy atom. The lowest BCUT2D eigenvalue weighted by molar-refractivity contribution is 0.663. The Balaban J connectivity index is 1.88. The Kier molecular flexibility index (Phi) is 4.16. The van der Waals surface area contributed by atoms with E-state index in [9.17, 15) is 0 Å². The Bertz CT molecular complexity index is 1230. The largest absolute Gasteiger partial charge is 0.399 e. The second-order valence-electron chi connectivity index (χ2n) is 8.76. The first-order valence-corrected chi connectivity index (χ1v) is 10.7. The predicted octanol–water partition coefficient (Wildman–Crippen LogP) is 5.94. The summed E-state index contributed by atoms with van der Waals surface area (Å²) in [6.07, 6.45) is 3.70. The SMILES string of the molecule is C=C(N)c1cc(C2=C(C)CN=C2C)cc2c3ccc(CC)cc3n(CC3CC3)c12. The van der Waals surface area contributed by atoms with Crippen molar-refractivity contribution in [2.45, 2.75) is 46.6 Å². The molecule has 0 atom stereocenters. The zero-order valence-corrected chi connectivity index (χ0v) is 17.7. The van der Waals surface area contributed by atoms with E-state index in [1.807, 2.05) is 0 Å². The lowest BCUT2D eigenvalue weighted by Gasteiger charge is -2.14. The van der Waals surface area contributed by atoms with Crippen molar-refractivity contribution < 1.29 is 0 Å². The molecule has 1 saturated carbocycles. The molecule has 0 saturated heterocycles. The summed E-state index contributed by atoms with van der Waals surface area (Å²) in [7, 11) is 0. The fourth-order valence-corrected chi connectivity index (χ4v) is 4.80. The molecule has 0 bridgehead atoms. The number of nitrogens with two attached hydrogens (primary N) is 1. The fourth-order valence-electron chi connectivity index (χ4n) is 4.80. The second kappa shape index (κ2) is 6.62. The number of rotatable bonds is 5. The first-order chi connectivity index (χ1) is 14.0. The molecule has 0 radical (unpaired) electrons. The van der Waals surface area contributed by atoms with Crippen LogP contribution in [0.1, 0.15) is 50.3 Å². The Morgan fingerprint density at radius 3 is 2.59 bits per heavy atom. The summed E-state index contributed by atoms with van der Waals surface area (Å²) in [4.78, 5) is 4.65. The molecule has 0 amide bonds. The highest BCUT2D eigenvalue weighted by Crippen LogP contribution is 2.40. The molecule has 0 spiro atoms. The van der Waals surface area contributed by atoms with Gasteiger partial charge in [-0.05, 0) is 73.9 Å². The van der Waals surface area contributed by atoms with Gasteiger partial charge >= 0.3 is 0 Å². The predicted molar refractivity (Wildman–Crippen MR) is 125 cm³/mol. The van der Waals surface area contributed by atoms with E-state index < -0.39 is 0 Å². The summed E-state index contributed by atoms with van der Waals surface area (Å²) in [5, 5.41) is 2.59. The lowest BCUT2D eigenvalue weighted by atomic mass is 9.94. The first-order valence-electron chi connectivity index (χ1n) is 10.7. The van der Waals surface area contributed by atoms with E-state index in [2.05, 4.69) is 67.2 Å². The van der Waals surface area contributed by atoms with Crippen LogP contribution in [0.5, 0.6) is 0 Å². The van der Waals surface area contributed by atoms with E-state index in [4.69, 9.17) is 5.73 Å². The van der Waals surface area contributed by atoms with Crippen LogP contribution in [-0.2, 0) is 13.0 Å². The minimum Gasteiger partial charge on any atom is -0.399 e. The molecule has 2 N–H and O–H groups in total. The van der Waals surface area contributed by atoms with Crippen molar-refractivity contribution in [3.05, 3.63) is 59.2 Å². The first kappa shape index (κ1) is 18.2. The topological polar surface area (TPSA) is 43.3 Å². The molecule has 2 aromatic carbocycles. The summed E-state index contributed by atoms with van der Waals surface area (Å²) in [6, 6.07) is 11.5. The van der Waals surface area contributed by atoms with Gasteiger partial charge in [-0.3, -0.25) is 4.99 Å². The molecule has 3 heteroatoms. The van der Waals surface area contributed by atoms with Crippen molar-refractivity contribution in [1.82, 2.24) is 4.57 Å². The van der Waals surface area contributed by atoms with Crippen LogP contribution in [0.4, 0.5) is 0 Å². The summed E-state index contributed by atoms with van der Waals surface area (Å²) in [6.45, 7) is 12.5. The second-order valence-corrected chi connectivity index (χ2v) is 8.76. The number of fused-ring (bicyclic) bond motifs is 3. The maximum Gasteiger partial charge on any atom is 0.0610 e. The Morgan fingerprint density at radius 2 is 1.97 bits per heavy atom. The average molecular weight is 384 g/mol. The molecule has 1 fully saturated rings. The summed E-state index contributed by atoms with van der Waals surface area (Å²) < 4.78 is 2.51. The maximum absolute atomic E-state index is 6.36. The fraction of sp³-hybridized carbons (Fsp3) is 0.346. The van der Waals surface area contributed by atoms with Crippen LogP contribution in [0.25, 0.3) is 33.1 Å². The molecule has 29 heavy (non-hydrogen) atoms. The normalized spacial score (nSPS) is 16.9. The third kappa shape index (κ3) is 2.91. The number of allylic oxidation sites excluding steroid dienone is 1. The number of benzene rings is 2. The van der Waals surface area contributed by atoms with Crippen LogP contribution < -0.4 is 5.73 Å². The van der Waals surface area contributed by atoms with E-state index in [1.54, 1.807) is 0 Å². The zero-order chi connectivity index (χ0) is 20.3. The van der Waals surface area contributed by atoms with Gasteiger partial charge in [0.05, 0.1) is 12.1 Å². The van der Waals surface area contributed by atoms with Gasteiger partial charge in [-0.2, -0.15) is 0 Å². The molecule has 2 aliphatic rings. The number of aromatic nitrogens is 1. The molecular weight excluding hydrogens is 354 g/mol. The molecule has 5 rings (SSSR count). The Labute approximate surface area is 172 Å². The van der Waals surface area contributed by atoms with Crippen LogP contribution in [0.2, 0.25) is 0 Å². The molecule has 3 nitrogen and oxygen atoms in total. The minimum absolute atomic E-state index is 0.637. The van der Waals surface area contributed by atoms with Crippen LogP contribution in [0.3, 0.4) is 0 Å². The van der Waals surface area contributed by atoms with Crippen LogP contribution >= 0.6 is 0 Å². The van der Waals surface area contributed by atoms with E-state index >= 15 is 0 Å². The number of hydrogen-bond acceptors (Lipinski definition) is 2. The Hall–Kier alpha value is -2.81. The van der Waals surface area contributed by atoms with E-state index in [0.717, 1.165) is 36.7 Å².